The minimum absolute atomic E-state index is 0.575. The second kappa shape index (κ2) is 7.40. The molecule has 24 heavy (non-hydrogen) atoms. The third-order valence-corrected chi connectivity index (χ3v) is 3.43. The van der Waals surface area contributed by atoms with E-state index in [2.05, 4.69) is 31.5 Å². The Hall–Kier alpha value is -3.17. The zero-order valence-electron chi connectivity index (χ0n) is 13.3. The highest BCUT2D eigenvalue weighted by molar-refractivity contribution is 5.92. The molecule has 0 radical (unpaired) electrons. The first-order valence-electron chi connectivity index (χ1n) is 7.48. The summed E-state index contributed by atoms with van der Waals surface area (Å²) < 4.78 is 5.10. The van der Waals surface area contributed by atoms with Crippen LogP contribution in [0.25, 0.3) is 16.6 Å². The Morgan fingerprint density at radius 3 is 3.08 bits per heavy atom. The summed E-state index contributed by atoms with van der Waals surface area (Å²) in [6.45, 7) is 1.21. The molecule has 2 N–H and O–H groups in total. The van der Waals surface area contributed by atoms with Gasteiger partial charge >= 0.3 is 0 Å². The van der Waals surface area contributed by atoms with E-state index in [0.717, 1.165) is 28.0 Å². The molecule has 3 rings (SSSR count). The van der Waals surface area contributed by atoms with Gasteiger partial charge in [0.25, 0.3) is 0 Å². The molecule has 0 saturated carbocycles. The quantitative estimate of drug-likeness (QED) is 0.653. The Bertz CT molecular complexity index is 877. The number of nitrogens with one attached hydrogen (secondary N) is 2. The third kappa shape index (κ3) is 3.42. The number of hydrogen-bond acceptors (Lipinski definition) is 6. The molecule has 0 spiro atoms. The first-order chi connectivity index (χ1) is 11.8. The maximum Gasteiger partial charge on any atom is 0.178 e. The number of allylic oxidation sites excluding steroid dienone is 1. The Morgan fingerprint density at radius 2 is 2.25 bits per heavy atom. The van der Waals surface area contributed by atoms with Gasteiger partial charge in [0.05, 0.1) is 17.8 Å². The highest BCUT2D eigenvalue weighted by Crippen LogP contribution is 2.23. The van der Waals surface area contributed by atoms with E-state index in [1.165, 1.54) is 0 Å². The number of benzene rings is 1. The summed E-state index contributed by atoms with van der Waals surface area (Å²) in [5.74, 6) is 3.94. The average molecular weight is 319 g/mol. The van der Waals surface area contributed by atoms with Crippen LogP contribution in [0.3, 0.4) is 0 Å². The Morgan fingerprint density at radius 1 is 1.33 bits per heavy atom. The number of anilines is 1. The number of fused-ring (bicyclic) bond motifs is 1. The molecular weight excluding hydrogens is 302 g/mol. The highest BCUT2D eigenvalue weighted by Gasteiger charge is 2.11. The van der Waals surface area contributed by atoms with Crippen LogP contribution in [0, 0.1) is 12.3 Å². The summed E-state index contributed by atoms with van der Waals surface area (Å²) in [5.41, 5.74) is 2.37. The molecule has 0 saturated heterocycles. The molecule has 1 aliphatic rings. The van der Waals surface area contributed by atoms with Gasteiger partial charge in [0, 0.05) is 43.2 Å². The van der Waals surface area contributed by atoms with Gasteiger partial charge in [-0.05, 0) is 24.3 Å². The molecule has 2 aromatic rings. The Balaban J connectivity index is 2.08. The number of nitrogens with zero attached hydrogens (tertiary/aromatic N) is 3. The first kappa shape index (κ1) is 15.7. The second-order valence-electron chi connectivity index (χ2n) is 5.03. The Labute approximate surface area is 140 Å². The predicted molar refractivity (Wildman–Crippen MR) is 96.6 cm³/mol. The van der Waals surface area contributed by atoms with Crippen LogP contribution in [0.2, 0.25) is 0 Å². The standard InChI is InChI=1S/C18H17N5O/c1-3-13-4-5-15-14(12-13)17(21-10-11-24-2)23-18(22-15)16-6-7-19-8-9-20-16/h1,4-9,12,20H,10-11H2,2H3,(H,21,22,23). The maximum atomic E-state index is 5.50. The van der Waals surface area contributed by atoms with Crippen molar-refractivity contribution < 1.29 is 4.74 Å². The van der Waals surface area contributed by atoms with Gasteiger partial charge in [-0.25, -0.2) is 9.97 Å². The summed E-state index contributed by atoms with van der Waals surface area (Å²) in [7, 11) is 1.66. The fourth-order valence-electron chi connectivity index (χ4n) is 2.27. The van der Waals surface area contributed by atoms with Crippen molar-refractivity contribution in [3.05, 3.63) is 48.1 Å². The van der Waals surface area contributed by atoms with Crippen molar-refractivity contribution in [3.63, 3.8) is 0 Å². The lowest BCUT2D eigenvalue weighted by Gasteiger charge is -2.12. The molecule has 6 heteroatoms. The van der Waals surface area contributed by atoms with Gasteiger partial charge in [-0.3, -0.25) is 4.99 Å². The van der Waals surface area contributed by atoms with E-state index in [9.17, 15) is 0 Å². The van der Waals surface area contributed by atoms with Gasteiger partial charge in [0.1, 0.15) is 5.82 Å². The third-order valence-electron chi connectivity index (χ3n) is 3.43. The molecule has 0 atom stereocenters. The molecule has 0 aliphatic carbocycles. The van der Waals surface area contributed by atoms with Crippen molar-refractivity contribution in [2.24, 2.45) is 4.99 Å². The lowest BCUT2D eigenvalue weighted by molar-refractivity contribution is 0.210. The van der Waals surface area contributed by atoms with E-state index >= 15 is 0 Å². The van der Waals surface area contributed by atoms with Gasteiger partial charge in [-0.1, -0.05) is 5.92 Å². The molecule has 1 aromatic carbocycles. The fraction of sp³-hybridized carbons (Fsp3) is 0.167. The molecule has 2 heterocycles. The van der Waals surface area contributed by atoms with Crippen molar-refractivity contribution in [2.45, 2.75) is 0 Å². The number of rotatable bonds is 5. The van der Waals surface area contributed by atoms with Gasteiger partial charge in [-0.2, -0.15) is 0 Å². The van der Waals surface area contributed by atoms with Crippen molar-refractivity contribution >= 4 is 28.6 Å². The molecule has 120 valence electrons. The SMILES string of the molecule is C#Cc1ccc2nc(C3=CC=NC=CN3)nc(NCCOC)c2c1. The van der Waals surface area contributed by atoms with Gasteiger partial charge in [-0.15, -0.1) is 6.42 Å². The molecular formula is C18H17N5O. The minimum Gasteiger partial charge on any atom is -0.383 e. The molecule has 6 nitrogen and oxygen atoms in total. The van der Waals surface area contributed by atoms with Crippen LogP contribution in [-0.4, -0.2) is 36.4 Å². The van der Waals surface area contributed by atoms with Crippen molar-refractivity contribution in [3.8, 4) is 12.3 Å². The van der Waals surface area contributed by atoms with E-state index in [4.69, 9.17) is 11.2 Å². The van der Waals surface area contributed by atoms with E-state index in [1.54, 1.807) is 25.7 Å². The average Bonchev–Trinajstić information content (AvgIpc) is 2.90. The summed E-state index contributed by atoms with van der Waals surface area (Å²) >= 11 is 0. The van der Waals surface area contributed by atoms with Crippen LogP contribution in [0.4, 0.5) is 5.82 Å². The minimum atomic E-state index is 0.575. The summed E-state index contributed by atoms with van der Waals surface area (Å²) in [6.07, 6.45) is 12.4. The van der Waals surface area contributed by atoms with E-state index in [-0.39, 0.29) is 0 Å². The van der Waals surface area contributed by atoms with Crippen molar-refractivity contribution in [1.82, 2.24) is 15.3 Å². The van der Waals surface area contributed by atoms with Crippen molar-refractivity contribution in [2.75, 3.05) is 25.6 Å². The topological polar surface area (TPSA) is 71.4 Å². The summed E-state index contributed by atoms with van der Waals surface area (Å²) in [5, 5.41) is 7.29. The van der Waals surface area contributed by atoms with Crippen LogP contribution in [0.5, 0.6) is 0 Å². The lowest BCUT2D eigenvalue weighted by Crippen LogP contribution is -2.13. The van der Waals surface area contributed by atoms with E-state index in [0.29, 0.717) is 19.0 Å². The number of ether oxygens (including phenoxy) is 1. The number of hydrogen-bond donors (Lipinski definition) is 2. The van der Waals surface area contributed by atoms with E-state index < -0.39 is 0 Å². The first-order valence-corrected chi connectivity index (χ1v) is 7.48. The number of methoxy groups -OCH3 is 1. The van der Waals surface area contributed by atoms with Crippen LogP contribution in [0.1, 0.15) is 11.4 Å². The van der Waals surface area contributed by atoms with Gasteiger partial charge in [0.2, 0.25) is 0 Å². The second-order valence-corrected chi connectivity index (χ2v) is 5.03. The van der Waals surface area contributed by atoms with Gasteiger partial charge < -0.3 is 15.4 Å². The normalized spacial score (nSPS) is 13.1. The summed E-state index contributed by atoms with van der Waals surface area (Å²) in [6, 6.07) is 5.68. The van der Waals surface area contributed by atoms with Crippen LogP contribution >= 0.6 is 0 Å². The zero-order chi connectivity index (χ0) is 16.8. The van der Waals surface area contributed by atoms with Gasteiger partial charge in [0.15, 0.2) is 5.82 Å². The fourth-order valence-corrected chi connectivity index (χ4v) is 2.27. The number of aromatic nitrogens is 2. The molecule has 0 unspecified atom stereocenters. The number of aliphatic imine (C=N–C) groups is 1. The largest absolute Gasteiger partial charge is 0.383 e. The predicted octanol–water partition coefficient (Wildman–Crippen LogP) is 2.16. The smallest absolute Gasteiger partial charge is 0.178 e. The van der Waals surface area contributed by atoms with E-state index in [1.807, 2.05) is 24.3 Å². The molecule has 1 aromatic heterocycles. The monoisotopic (exact) mass is 319 g/mol. The molecule has 0 fully saturated rings. The Kier molecular flexibility index (Phi) is 4.84. The zero-order valence-corrected chi connectivity index (χ0v) is 13.3. The lowest BCUT2D eigenvalue weighted by atomic mass is 10.1. The molecule has 0 bridgehead atoms. The molecule has 1 aliphatic heterocycles. The van der Waals surface area contributed by atoms with Crippen LogP contribution in [-0.2, 0) is 4.74 Å². The number of terminal acetylenes is 1. The molecule has 0 amide bonds. The highest BCUT2D eigenvalue weighted by atomic mass is 16.5. The van der Waals surface area contributed by atoms with Crippen LogP contribution < -0.4 is 10.6 Å². The summed E-state index contributed by atoms with van der Waals surface area (Å²) in [4.78, 5) is 13.3. The maximum absolute atomic E-state index is 5.50. The van der Waals surface area contributed by atoms with Crippen LogP contribution in [0.15, 0.2) is 41.7 Å². The van der Waals surface area contributed by atoms with Crippen molar-refractivity contribution in [1.29, 1.82) is 0 Å².